The van der Waals surface area contributed by atoms with Gasteiger partial charge in [-0.1, -0.05) is 0 Å². The van der Waals surface area contributed by atoms with Gasteiger partial charge in [-0.25, -0.2) is 9.59 Å². The molecule has 0 fully saturated rings. The number of ether oxygens (including phenoxy) is 1. The molecule has 2 N–H and O–H groups in total. The molecule has 0 bridgehead atoms. The second-order valence-electron chi connectivity index (χ2n) is 3.48. The molecular formula is C12H13NO5S. The average Bonchev–Trinajstić information content (AvgIpc) is 2.68. The minimum atomic E-state index is -1.22. The Hall–Kier alpha value is -2.15. The van der Waals surface area contributed by atoms with Crippen molar-refractivity contribution in [2.24, 2.45) is 0 Å². The zero-order valence-electron chi connectivity index (χ0n) is 10.4. The summed E-state index contributed by atoms with van der Waals surface area (Å²) in [5.41, 5.74) is 0.265. The first-order chi connectivity index (χ1) is 8.93. The van der Waals surface area contributed by atoms with Gasteiger partial charge in [0.15, 0.2) is 0 Å². The Bertz CT molecular complexity index is 532. The van der Waals surface area contributed by atoms with Crippen molar-refractivity contribution in [1.82, 2.24) is 0 Å². The molecule has 0 saturated carbocycles. The number of amides is 1. The average molecular weight is 283 g/mol. The van der Waals surface area contributed by atoms with Crippen LogP contribution in [-0.4, -0.2) is 29.6 Å². The molecule has 1 aromatic rings. The summed E-state index contributed by atoms with van der Waals surface area (Å²) in [5.74, 6) is -2.36. The molecule has 0 aliphatic carbocycles. The van der Waals surface area contributed by atoms with Gasteiger partial charge < -0.3 is 15.2 Å². The second-order valence-corrected chi connectivity index (χ2v) is 4.74. The lowest BCUT2D eigenvalue weighted by Gasteiger charge is -2.03. The summed E-state index contributed by atoms with van der Waals surface area (Å²) in [4.78, 5) is 34.2. The van der Waals surface area contributed by atoms with Gasteiger partial charge in [0, 0.05) is 17.0 Å². The fourth-order valence-electron chi connectivity index (χ4n) is 1.27. The lowest BCUT2D eigenvalue weighted by atomic mass is 10.3. The third-order valence-electron chi connectivity index (χ3n) is 1.96. The molecule has 19 heavy (non-hydrogen) atoms. The number of aryl methyl sites for hydroxylation is 1. The van der Waals surface area contributed by atoms with Gasteiger partial charge in [0.2, 0.25) is 5.91 Å². The van der Waals surface area contributed by atoms with Gasteiger partial charge in [-0.15, -0.1) is 11.3 Å². The lowest BCUT2D eigenvalue weighted by Crippen LogP contribution is -2.12. The number of rotatable bonds is 5. The number of thiophene rings is 1. The summed E-state index contributed by atoms with van der Waals surface area (Å²) in [6.07, 6.45) is 1.60. The Morgan fingerprint density at radius 3 is 2.68 bits per heavy atom. The quantitative estimate of drug-likeness (QED) is 0.635. The van der Waals surface area contributed by atoms with E-state index in [1.807, 2.05) is 0 Å². The normalized spacial score (nSPS) is 10.4. The summed E-state index contributed by atoms with van der Waals surface area (Å²) in [7, 11) is 0. The Morgan fingerprint density at radius 1 is 1.42 bits per heavy atom. The van der Waals surface area contributed by atoms with Crippen LogP contribution in [0.4, 0.5) is 5.00 Å². The SMILES string of the molecule is CCOC(=O)c1cc(C)sc1NC(=O)/C=C\C(=O)O. The maximum atomic E-state index is 11.6. The van der Waals surface area contributed by atoms with Crippen molar-refractivity contribution >= 4 is 34.2 Å². The van der Waals surface area contributed by atoms with Crippen LogP contribution in [0.3, 0.4) is 0 Å². The number of nitrogens with one attached hydrogen (secondary N) is 1. The van der Waals surface area contributed by atoms with Crippen molar-refractivity contribution in [2.75, 3.05) is 11.9 Å². The van der Waals surface area contributed by atoms with E-state index in [-0.39, 0.29) is 12.2 Å². The van der Waals surface area contributed by atoms with Crippen LogP contribution in [0.1, 0.15) is 22.2 Å². The third kappa shape index (κ3) is 4.55. The molecule has 6 nitrogen and oxygen atoms in total. The van der Waals surface area contributed by atoms with Crippen molar-refractivity contribution in [3.63, 3.8) is 0 Å². The van der Waals surface area contributed by atoms with E-state index in [4.69, 9.17) is 9.84 Å². The number of carbonyl (C=O) groups excluding carboxylic acids is 2. The van der Waals surface area contributed by atoms with E-state index in [1.165, 1.54) is 11.3 Å². The molecule has 0 saturated heterocycles. The highest BCUT2D eigenvalue weighted by molar-refractivity contribution is 7.16. The van der Waals surface area contributed by atoms with Gasteiger partial charge in [0.25, 0.3) is 0 Å². The molecule has 102 valence electrons. The summed E-state index contributed by atoms with van der Waals surface area (Å²) >= 11 is 1.22. The zero-order chi connectivity index (χ0) is 14.4. The molecule has 0 radical (unpaired) electrons. The topological polar surface area (TPSA) is 92.7 Å². The first-order valence-corrected chi connectivity index (χ1v) is 6.25. The number of aliphatic carboxylic acids is 1. The summed E-state index contributed by atoms with van der Waals surface area (Å²) in [6.45, 7) is 3.71. The van der Waals surface area contributed by atoms with Crippen molar-refractivity contribution in [3.8, 4) is 0 Å². The highest BCUT2D eigenvalue weighted by Crippen LogP contribution is 2.28. The number of carbonyl (C=O) groups is 3. The minimum absolute atomic E-state index is 0.236. The van der Waals surface area contributed by atoms with Gasteiger partial charge in [-0.05, 0) is 19.9 Å². The van der Waals surface area contributed by atoms with E-state index in [9.17, 15) is 14.4 Å². The minimum Gasteiger partial charge on any atom is -0.478 e. The van der Waals surface area contributed by atoms with Crippen LogP contribution >= 0.6 is 11.3 Å². The Labute approximate surface area is 113 Å². The highest BCUT2D eigenvalue weighted by Gasteiger charge is 2.17. The van der Waals surface area contributed by atoms with Crippen LogP contribution in [0.15, 0.2) is 18.2 Å². The van der Waals surface area contributed by atoms with Crippen LogP contribution < -0.4 is 5.32 Å². The van der Waals surface area contributed by atoms with Gasteiger partial charge >= 0.3 is 11.9 Å². The molecular weight excluding hydrogens is 270 g/mol. The van der Waals surface area contributed by atoms with E-state index in [1.54, 1.807) is 19.9 Å². The van der Waals surface area contributed by atoms with Crippen molar-refractivity contribution < 1.29 is 24.2 Å². The van der Waals surface area contributed by atoms with E-state index in [2.05, 4.69) is 5.32 Å². The van der Waals surface area contributed by atoms with Crippen LogP contribution in [0.5, 0.6) is 0 Å². The van der Waals surface area contributed by atoms with Gasteiger partial charge in [-0.3, -0.25) is 4.79 Å². The van der Waals surface area contributed by atoms with Crippen molar-refractivity contribution in [3.05, 3.63) is 28.7 Å². The van der Waals surface area contributed by atoms with E-state index >= 15 is 0 Å². The van der Waals surface area contributed by atoms with Gasteiger partial charge in [0.1, 0.15) is 5.00 Å². The lowest BCUT2D eigenvalue weighted by molar-refractivity contribution is -0.131. The predicted molar refractivity (Wildman–Crippen MR) is 70.4 cm³/mol. The maximum absolute atomic E-state index is 11.6. The number of hydrogen-bond acceptors (Lipinski definition) is 5. The van der Waals surface area contributed by atoms with Crippen LogP contribution in [0, 0.1) is 6.92 Å². The van der Waals surface area contributed by atoms with Crippen molar-refractivity contribution in [1.29, 1.82) is 0 Å². The smallest absolute Gasteiger partial charge is 0.341 e. The number of carboxylic acids is 1. The molecule has 0 aromatic carbocycles. The van der Waals surface area contributed by atoms with Crippen molar-refractivity contribution in [2.45, 2.75) is 13.8 Å². The van der Waals surface area contributed by atoms with Crippen LogP contribution in [-0.2, 0) is 14.3 Å². The largest absolute Gasteiger partial charge is 0.478 e. The molecule has 7 heteroatoms. The summed E-state index contributed by atoms with van der Waals surface area (Å²) < 4.78 is 4.87. The standard InChI is InChI=1S/C12H13NO5S/c1-3-18-12(17)8-6-7(2)19-11(8)13-9(14)4-5-10(15)16/h4-6H,3H2,1-2H3,(H,13,14)(H,15,16)/b5-4-. The zero-order valence-corrected chi connectivity index (χ0v) is 11.2. The molecule has 0 unspecified atom stereocenters. The molecule has 1 amide bonds. The number of hydrogen-bond donors (Lipinski definition) is 2. The predicted octanol–water partition coefficient (Wildman–Crippen LogP) is 1.81. The first-order valence-electron chi connectivity index (χ1n) is 5.43. The molecule has 0 aliphatic heterocycles. The van der Waals surface area contributed by atoms with Gasteiger partial charge in [0.05, 0.1) is 12.2 Å². The summed E-state index contributed by atoms with van der Waals surface area (Å²) in [6, 6.07) is 1.61. The maximum Gasteiger partial charge on any atom is 0.341 e. The van der Waals surface area contributed by atoms with Gasteiger partial charge in [-0.2, -0.15) is 0 Å². The molecule has 1 heterocycles. The van der Waals surface area contributed by atoms with E-state index < -0.39 is 17.8 Å². The Morgan fingerprint density at radius 2 is 2.11 bits per heavy atom. The summed E-state index contributed by atoms with van der Waals surface area (Å²) in [5, 5.41) is 11.2. The Kier molecular flexibility index (Phi) is 5.25. The van der Waals surface area contributed by atoms with Crippen LogP contribution in [0.25, 0.3) is 0 Å². The monoisotopic (exact) mass is 283 g/mol. The third-order valence-corrected chi connectivity index (χ3v) is 2.93. The second kappa shape index (κ2) is 6.69. The highest BCUT2D eigenvalue weighted by atomic mass is 32.1. The number of esters is 1. The Balaban J connectivity index is 2.86. The molecule has 0 aliphatic rings. The fourth-order valence-corrected chi connectivity index (χ4v) is 2.17. The van der Waals surface area contributed by atoms with E-state index in [0.29, 0.717) is 5.00 Å². The molecule has 1 aromatic heterocycles. The van der Waals surface area contributed by atoms with Crippen LogP contribution in [0.2, 0.25) is 0 Å². The van der Waals surface area contributed by atoms with E-state index in [0.717, 1.165) is 17.0 Å². The first kappa shape index (κ1) is 14.9. The fraction of sp³-hybridized carbons (Fsp3) is 0.250. The molecule has 1 rings (SSSR count). The molecule has 0 atom stereocenters. The molecule has 0 spiro atoms. The number of anilines is 1. The number of carboxylic acid groups (broad SMARTS) is 1.